The summed E-state index contributed by atoms with van der Waals surface area (Å²) >= 11 is 0. The van der Waals surface area contributed by atoms with Crippen LogP contribution in [0.1, 0.15) is 59.3 Å². The number of rotatable bonds is 7. The molecule has 4 N–H and O–H groups in total. The van der Waals surface area contributed by atoms with Crippen LogP contribution in [0.4, 0.5) is 0 Å². The number of carboxylic acids is 1. The third-order valence-electron chi connectivity index (χ3n) is 4.53. The Kier molecular flexibility index (Phi) is 6.65. The average Bonchev–Trinajstić information content (AvgIpc) is 2.40. The van der Waals surface area contributed by atoms with Gasteiger partial charge in [-0.3, -0.25) is 4.79 Å². The lowest BCUT2D eigenvalue weighted by Crippen LogP contribution is -2.56. The van der Waals surface area contributed by atoms with Gasteiger partial charge in [-0.25, -0.2) is 4.79 Å². The van der Waals surface area contributed by atoms with Crippen molar-refractivity contribution in [2.24, 2.45) is 23.5 Å². The highest BCUT2D eigenvalue weighted by atomic mass is 16.4. The predicted molar refractivity (Wildman–Crippen MR) is 82.8 cm³/mol. The zero-order valence-corrected chi connectivity index (χ0v) is 13.5. The van der Waals surface area contributed by atoms with Crippen LogP contribution in [0.15, 0.2) is 0 Å². The van der Waals surface area contributed by atoms with Gasteiger partial charge in [-0.2, -0.15) is 0 Å². The van der Waals surface area contributed by atoms with Crippen LogP contribution < -0.4 is 11.1 Å². The third-order valence-corrected chi connectivity index (χ3v) is 4.53. The molecular formula is C16H30N2O3. The lowest BCUT2D eigenvalue weighted by atomic mass is 9.77. The van der Waals surface area contributed by atoms with Gasteiger partial charge in [-0.15, -0.1) is 0 Å². The molecule has 0 bridgehead atoms. The minimum Gasteiger partial charge on any atom is -0.480 e. The van der Waals surface area contributed by atoms with E-state index in [1.807, 2.05) is 0 Å². The second-order valence-electron chi connectivity index (χ2n) is 7.05. The topological polar surface area (TPSA) is 92.4 Å². The van der Waals surface area contributed by atoms with Gasteiger partial charge >= 0.3 is 5.97 Å². The summed E-state index contributed by atoms with van der Waals surface area (Å²) in [7, 11) is 0. The number of aliphatic carboxylic acids is 1. The van der Waals surface area contributed by atoms with Crippen molar-refractivity contribution in [3.05, 3.63) is 0 Å². The number of carboxylic acid groups (broad SMARTS) is 1. The molecular weight excluding hydrogens is 268 g/mol. The van der Waals surface area contributed by atoms with Crippen LogP contribution >= 0.6 is 0 Å². The Hall–Kier alpha value is -1.10. The molecule has 0 aliphatic heterocycles. The van der Waals surface area contributed by atoms with E-state index in [4.69, 9.17) is 5.73 Å². The van der Waals surface area contributed by atoms with Gasteiger partial charge in [-0.1, -0.05) is 20.8 Å². The normalized spacial score (nSPS) is 27.4. The number of nitrogens with two attached hydrogens (primary N) is 1. The molecule has 5 nitrogen and oxygen atoms in total. The van der Waals surface area contributed by atoms with Crippen molar-refractivity contribution >= 4 is 11.9 Å². The van der Waals surface area contributed by atoms with Crippen molar-refractivity contribution in [2.75, 3.05) is 6.54 Å². The van der Waals surface area contributed by atoms with E-state index in [0.29, 0.717) is 37.6 Å². The van der Waals surface area contributed by atoms with Crippen LogP contribution in [0.5, 0.6) is 0 Å². The van der Waals surface area contributed by atoms with Crippen LogP contribution in [-0.2, 0) is 9.59 Å². The Morgan fingerprint density at radius 2 is 1.90 bits per heavy atom. The molecule has 0 spiro atoms. The van der Waals surface area contributed by atoms with Crippen molar-refractivity contribution in [3.63, 3.8) is 0 Å². The average molecular weight is 298 g/mol. The van der Waals surface area contributed by atoms with Crippen molar-refractivity contribution in [2.45, 2.75) is 64.8 Å². The molecule has 0 aromatic carbocycles. The minimum atomic E-state index is -1.07. The molecule has 0 unspecified atom stereocenters. The van der Waals surface area contributed by atoms with Crippen LogP contribution in [0.3, 0.4) is 0 Å². The Labute approximate surface area is 127 Å². The highest BCUT2D eigenvalue weighted by Crippen LogP contribution is 2.32. The number of carbonyl (C=O) groups is 2. The number of nitrogens with one attached hydrogen (secondary N) is 1. The molecule has 1 fully saturated rings. The molecule has 1 aliphatic carbocycles. The highest BCUT2D eigenvalue weighted by Gasteiger charge is 2.42. The van der Waals surface area contributed by atoms with Gasteiger partial charge in [0, 0.05) is 6.42 Å². The first-order valence-corrected chi connectivity index (χ1v) is 8.03. The Bertz CT molecular complexity index is 361. The number of hydrogen-bond donors (Lipinski definition) is 3. The summed E-state index contributed by atoms with van der Waals surface area (Å²) in [5.74, 6) is 0.0553. The first-order chi connectivity index (χ1) is 9.79. The third kappa shape index (κ3) is 5.30. The second-order valence-corrected chi connectivity index (χ2v) is 7.05. The molecule has 1 rings (SSSR count). The van der Waals surface area contributed by atoms with E-state index >= 15 is 0 Å². The molecule has 0 radical (unpaired) electrons. The summed E-state index contributed by atoms with van der Waals surface area (Å²) in [4.78, 5) is 23.8. The Morgan fingerprint density at radius 1 is 1.33 bits per heavy atom. The van der Waals surface area contributed by atoms with E-state index in [9.17, 15) is 14.7 Å². The van der Waals surface area contributed by atoms with Gasteiger partial charge in [0.2, 0.25) is 5.91 Å². The first-order valence-electron chi connectivity index (χ1n) is 8.03. The minimum absolute atomic E-state index is 0.123. The lowest BCUT2D eigenvalue weighted by molar-refractivity contribution is -0.149. The molecule has 0 heterocycles. The number of hydrogen-bond acceptors (Lipinski definition) is 3. The standard InChI is InChI=1S/C16H30N2O3/c1-11(2)8-13(10-17)9-14(19)18-16(15(20)21)6-4-12(3)5-7-16/h11-13H,4-10,17H2,1-3H3,(H,18,19)(H,20,21)/t12?,13-,16?/m0/s1. The summed E-state index contributed by atoms with van der Waals surface area (Å²) in [6.45, 7) is 6.78. The maximum absolute atomic E-state index is 12.2. The fraction of sp³-hybridized carbons (Fsp3) is 0.875. The van der Waals surface area contributed by atoms with Gasteiger partial charge in [0.15, 0.2) is 0 Å². The molecule has 122 valence electrons. The van der Waals surface area contributed by atoms with E-state index in [-0.39, 0.29) is 11.8 Å². The molecule has 1 atom stereocenters. The van der Waals surface area contributed by atoms with E-state index in [0.717, 1.165) is 19.3 Å². The van der Waals surface area contributed by atoms with Gasteiger partial charge < -0.3 is 16.2 Å². The van der Waals surface area contributed by atoms with Gasteiger partial charge in [0.1, 0.15) is 5.54 Å². The molecule has 0 aromatic heterocycles. The number of carbonyl (C=O) groups excluding carboxylic acids is 1. The van der Waals surface area contributed by atoms with Crippen molar-refractivity contribution in [3.8, 4) is 0 Å². The van der Waals surface area contributed by atoms with Crippen LogP contribution in [-0.4, -0.2) is 29.1 Å². The largest absolute Gasteiger partial charge is 0.480 e. The predicted octanol–water partition coefficient (Wildman–Crippen LogP) is 2.15. The Balaban J connectivity index is 2.63. The SMILES string of the molecule is CC(C)C[C@H](CN)CC(=O)NC1(C(=O)O)CCC(C)CC1. The van der Waals surface area contributed by atoms with E-state index in [2.05, 4.69) is 26.1 Å². The highest BCUT2D eigenvalue weighted by molar-refractivity contribution is 5.87. The zero-order valence-electron chi connectivity index (χ0n) is 13.5. The van der Waals surface area contributed by atoms with Gasteiger partial charge in [0.25, 0.3) is 0 Å². The smallest absolute Gasteiger partial charge is 0.329 e. The van der Waals surface area contributed by atoms with E-state index in [1.54, 1.807) is 0 Å². The molecule has 1 saturated carbocycles. The maximum atomic E-state index is 12.2. The summed E-state index contributed by atoms with van der Waals surface area (Å²) < 4.78 is 0. The summed E-state index contributed by atoms with van der Waals surface area (Å²) in [5, 5.41) is 12.3. The molecule has 1 aliphatic rings. The van der Waals surface area contributed by atoms with E-state index < -0.39 is 11.5 Å². The molecule has 0 saturated heterocycles. The van der Waals surface area contributed by atoms with Crippen molar-refractivity contribution in [1.29, 1.82) is 0 Å². The molecule has 0 aromatic rings. The Morgan fingerprint density at radius 3 is 2.33 bits per heavy atom. The maximum Gasteiger partial charge on any atom is 0.329 e. The fourth-order valence-electron chi connectivity index (χ4n) is 3.16. The zero-order chi connectivity index (χ0) is 16.0. The second kappa shape index (κ2) is 7.78. The summed E-state index contributed by atoms with van der Waals surface area (Å²) in [6.07, 6.45) is 3.94. The van der Waals surface area contributed by atoms with Crippen LogP contribution in [0.2, 0.25) is 0 Å². The summed E-state index contributed by atoms with van der Waals surface area (Å²) in [6, 6.07) is 0. The quantitative estimate of drug-likeness (QED) is 0.671. The van der Waals surface area contributed by atoms with Crippen molar-refractivity contribution < 1.29 is 14.7 Å². The van der Waals surface area contributed by atoms with Gasteiger partial charge in [0.05, 0.1) is 0 Å². The first kappa shape index (κ1) is 18.0. The number of amides is 1. The van der Waals surface area contributed by atoms with E-state index in [1.165, 1.54) is 0 Å². The van der Waals surface area contributed by atoms with Crippen molar-refractivity contribution in [1.82, 2.24) is 5.32 Å². The fourth-order valence-corrected chi connectivity index (χ4v) is 3.16. The van der Waals surface area contributed by atoms with Gasteiger partial charge in [-0.05, 0) is 56.4 Å². The summed E-state index contributed by atoms with van der Waals surface area (Å²) in [5.41, 5.74) is 4.65. The molecule has 21 heavy (non-hydrogen) atoms. The molecule has 5 heteroatoms. The molecule has 1 amide bonds. The van der Waals surface area contributed by atoms with Crippen LogP contribution in [0, 0.1) is 17.8 Å². The lowest BCUT2D eigenvalue weighted by Gasteiger charge is -2.36. The van der Waals surface area contributed by atoms with Crippen LogP contribution in [0.25, 0.3) is 0 Å². The monoisotopic (exact) mass is 298 g/mol.